The third-order valence-electron chi connectivity index (χ3n) is 18.6. The van der Waals surface area contributed by atoms with E-state index >= 15 is 0 Å². The first-order chi connectivity index (χ1) is 47.9. The van der Waals surface area contributed by atoms with Crippen molar-refractivity contribution in [2.24, 2.45) is 0 Å². The Morgan fingerprint density at radius 2 is 0.510 bits per heavy atom. The molecule has 0 bridgehead atoms. The minimum absolute atomic E-state index is 0.0975. The molecule has 0 unspecified atom stereocenters. The Labute approximate surface area is 612 Å². The molecule has 0 fully saturated rings. The summed E-state index contributed by atoms with van der Waals surface area (Å²) in [6.07, 6.45) is 0. The van der Waals surface area contributed by atoms with Crippen LogP contribution in [0.3, 0.4) is 0 Å². The molecule has 6 heteroatoms. The molecule has 0 aliphatic carbocycles. The third-order valence-corrected chi connectivity index (χ3v) is 21.5. The summed E-state index contributed by atoms with van der Waals surface area (Å²) in [6.45, 7) is 27.8. The van der Waals surface area contributed by atoms with Gasteiger partial charge in [-0.2, -0.15) is 0 Å². The molecule has 0 aromatic heterocycles. The smallest absolute Gasteiger partial charge is 0.0618 e. The minimum atomic E-state index is -0.0975. The third kappa shape index (κ3) is 15.4. The number of para-hydroxylation sites is 4. The van der Waals surface area contributed by atoms with E-state index < -0.39 is 0 Å². The number of rotatable bonds is 16. The SMILES string of the molecule is CC(C)(C)c1cc(-c2cccc(-c3ccccc3)c2N(c2ccccc2)c2cc(Sc3cc(Sc4cc(-c5ccccc5)cc(N(c5ccccc5)c5c(-c6ccccc6)cccc5-c5cc(C(C)(C)C)cc(C(C)(C)C)c5)c4)c(Cl)cc3Cl)cc(-c3ccccc3)c2)cc(C(C)(C)C)c1. The summed E-state index contributed by atoms with van der Waals surface area (Å²) < 4.78 is 0. The van der Waals surface area contributed by atoms with Crippen molar-refractivity contribution in [1.82, 2.24) is 0 Å². The predicted octanol–water partition coefficient (Wildman–Crippen LogP) is 29.4. The first-order valence-electron chi connectivity index (χ1n) is 34.6. The van der Waals surface area contributed by atoms with Crippen LogP contribution >= 0.6 is 46.7 Å². The van der Waals surface area contributed by atoms with Crippen molar-refractivity contribution in [1.29, 1.82) is 0 Å². The second-order valence-corrected chi connectivity index (χ2v) is 33.2. The van der Waals surface area contributed by atoms with Gasteiger partial charge in [-0.05, 0) is 161 Å². The molecule has 0 aliphatic rings. The molecule has 0 aliphatic heterocycles. The highest BCUT2D eigenvalue weighted by Gasteiger charge is 2.30. The van der Waals surface area contributed by atoms with Crippen LogP contribution in [0.15, 0.2) is 323 Å². The average molecular weight is 1380 g/mol. The molecule has 0 saturated carbocycles. The van der Waals surface area contributed by atoms with Crippen LogP contribution in [0.5, 0.6) is 0 Å². The Morgan fingerprint density at radius 1 is 0.230 bits per heavy atom. The summed E-state index contributed by atoms with van der Waals surface area (Å²) in [7, 11) is 0. The van der Waals surface area contributed by atoms with Crippen molar-refractivity contribution < 1.29 is 0 Å². The normalized spacial score (nSPS) is 12.0. The van der Waals surface area contributed by atoms with Crippen LogP contribution in [0.2, 0.25) is 10.0 Å². The molecule has 0 heterocycles. The van der Waals surface area contributed by atoms with Crippen molar-refractivity contribution in [2.75, 3.05) is 9.80 Å². The van der Waals surface area contributed by atoms with Gasteiger partial charge in [0.2, 0.25) is 0 Å². The Balaban J connectivity index is 0.984. The highest BCUT2D eigenvalue weighted by Crippen LogP contribution is 2.53. The monoisotopic (exact) mass is 1380 g/mol. The summed E-state index contributed by atoms with van der Waals surface area (Å²) in [4.78, 5) is 8.75. The number of hydrogen-bond acceptors (Lipinski definition) is 4. The zero-order chi connectivity index (χ0) is 70.1. The van der Waals surface area contributed by atoms with E-state index in [-0.39, 0.29) is 21.7 Å². The van der Waals surface area contributed by atoms with Crippen LogP contribution in [0.4, 0.5) is 34.1 Å². The van der Waals surface area contributed by atoms with E-state index in [4.69, 9.17) is 23.2 Å². The van der Waals surface area contributed by atoms with E-state index in [1.54, 1.807) is 23.5 Å². The van der Waals surface area contributed by atoms with Gasteiger partial charge in [0.15, 0.2) is 0 Å². The maximum Gasteiger partial charge on any atom is 0.0618 e. The zero-order valence-electron chi connectivity index (χ0n) is 59.3. The molecular formula is C94H86Cl2N2S2. The van der Waals surface area contributed by atoms with Gasteiger partial charge < -0.3 is 9.80 Å². The quantitative estimate of drug-likeness (QED) is 0.0951. The van der Waals surface area contributed by atoms with Gasteiger partial charge in [-0.25, -0.2) is 0 Å². The first kappa shape index (κ1) is 69.2. The van der Waals surface area contributed by atoms with Crippen molar-refractivity contribution in [3.05, 3.63) is 336 Å². The molecule has 2 nitrogen and oxygen atoms in total. The van der Waals surface area contributed by atoms with Crippen LogP contribution in [0.25, 0.3) is 66.8 Å². The van der Waals surface area contributed by atoms with Gasteiger partial charge in [0, 0.05) is 64.6 Å². The van der Waals surface area contributed by atoms with Gasteiger partial charge in [0.25, 0.3) is 0 Å². The Bertz CT molecular complexity index is 4670. The second-order valence-electron chi connectivity index (χ2n) is 30.2. The number of halogens is 2. The maximum atomic E-state index is 7.55. The summed E-state index contributed by atoms with van der Waals surface area (Å²) in [5.41, 5.74) is 24.5. The molecule has 0 radical (unpaired) electrons. The van der Waals surface area contributed by atoms with E-state index in [1.807, 2.05) is 6.07 Å². The molecule has 0 atom stereocenters. The largest absolute Gasteiger partial charge is 0.309 e. The number of anilines is 6. The minimum Gasteiger partial charge on any atom is -0.309 e. The van der Waals surface area contributed by atoms with Gasteiger partial charge in [-0.15, -0.1) is 0 Å². The maximum absolute atomic E-state index is 7.55. The van der Waals surface area contributed by atoms with Gasteiger partial charge in [-0.3, -0.25) is 0 Å². The molecular weight excluding hydrogens is 1290 g/mol. The van der Waals surface area contributed by atoms with Crippen LogP contribution in [0.1, 0.15) is 105 Å². The molecule has 100 heavy (non-hydrogen) atoms. The number of hydrogen-bond donors (Lipinski definition) is 0. The Hall–Kier alpha value is -9.26. The standard InChI is InChI=1S/C94H86Cl2N2S2/c1-91(2,3)71-49-69(50-72(57-71)92(4,5)6)83-47-31-45-81(65-37-23-15-24-38-65)89(83)97(75-41-27-17-28-42-75)77-53-67(63-33-19-13-20-34-63)55-79(59-77)99-87-62-88(86(96)61-85(87)95)100-80-56-68(64-35-21-14-22-36-64)54-78(60-80)98(76-43-29-18-30-44-76)90-82(66-39-25-16-26-40-66)46-32-48-84(90)70-51-73(93(7,8)9)58-74(52-70)94(10,11)12/h13-62H,1-12H3. The lowest BCUT2D eigenvalue weighted by Gasteiger charge is -2.32. The highest BCUT2D eigenvalue weighted by molar-refractivity contribution is 8.00. The lowest BCUT2D eigenvalue weighted by atomic mass is 9.78. The van der Waals surface area contributed by atoms with Gasteiger partial charge >= 0.3 is 0 Å². The van der Waals surface area contributed by atoms with E-state index in [1.165, 1.54) is 33.4 Å². The van der Waals surface area contributed by atoms with Crippen molar-refractivity contribution in [3.8, 4) is 66.8 Å². The van der Waals surface area contributed by atoms with Crippen LogP contribution < -0.4 is 9.80 Å². The fraction of sp³-hybridized carbons (Fsp3) is 0.170. The zero-order valence-corrected chi connectivity index (χ0v) is 62.5. The van der Waals surface area contributed by atoms with Crippen LogP contribution in [-0.4, -0.2) is 0 Å². The Kier molecular flexibility index (Phi) is 19.9. The lowest BCUT2D eigenvalue weighted by molar-refractivity contribution is 0.568. The van der Waals surface area contributed by atoms with E-state index in [0.29, 0.717) is 10.0 Å². The molecule has 13 aromatic rings. The summed E-state index contributed by atoms with van der Waals surface area (Å²) >= 11 is 18.4. The second kappa shape index (κ2) is 28.8. The molecule has 13 aromatic carbocycles. The van der Waals surface area contributed by atoms with Crippen molar-refractivity contribution in [2.45, 2.75) is 124 Å². The molecule has 0 spiro atoms. The molecule has 0 saturated heterocycles. The fourth-order valence-corrected chi connectivity index (χ4v) is 15.7. The lowest BCUT2D eigenvalue weighted by Crippen LogP contribution is -2.17. The van der Waals surface area contributed by atoms with Crippen molar-refractivity contribution >= 4 is 80.8 Å². The van der Waals surface area contributed by atoms with Gasteiger partial charge in [0.05, 0.1) is 21.4 Å². The van der Waals surface area contributed by atoms with E-state index in [0.717, 1.165) is 109 Å². The molecule has 498 valence electrons. The number of benzene rings is 13. The summed E-state index contributed by atoms with van der Waals surface area (Å²) in [5.74, 6) is 0. The molecule has 0 amide bonds. The fourth-order valence-electron chi connectivity index (χ4n) is 13.1. The summed E-state index contributed by atoms with van der Waals surface area (Å²) in [5, 5.41) is 1.14. The average Bonchev–Trinajstić information content (AvgIpc) is 0.753. The Morgan fingerprint density at radius 3 is 0.810 bits per heavy atom. The molecule has 13 rings (SSSR count). The topological polar surface area (TPSA) is 6.48 Å². The first-order valence-corrected chi connectivity index (χ1v) is 37.0. The van der Waals surface area contributed by atoms with Gasteiger partial charge in [0.1, 0.15) is 0 Å². The van der Waals surface area contributed by atoms with E-state index in [2.05, 4.69) is 390 Å². The predicted molar refractivity (Wildman–Crippen MR) is 434 cm³/mol. The van der Waals surface area contributed by atoms with Crippen LogP contribution in [-0.2, 0) is 21.7 Å². The van der Waals surface area contributed by atoms with E-state index in [9.17, 15) is 0 Å². The highest BCUT2D eigenvalue weighted by atomic mass is 35.5. The van der Waals surface area contributed by atoms with Crippen LogP contribution in [0, 0.1) is 0 Å². The number of nitrogens with zero attached hydrogens (tertiary/aromatic N) is 2. The van der Waals surface area contributed by atoms with Crippen molar-refractivity contribution in [3.63, 3.8) is 0 Å². The van der Waals surface area contributed by atoms with Gasteiger partial charge in [-0.1, -0.05) is 360 Å². The summed E-state index contributed by atoms with van der Waals surface area (Å²) in [6, 6.07) is 111. The molecule has 0 N–H and O–H groups in total.